The molecule has 1 aromatic carbocycles. The summed E-state index contributed by atoms with van der Waals surface area (Å²) in [5.41, 5.74) is 7.72. The minimum Gasteiger partial charge on any atom is -0.361 e. The maximum atomic E-state index is 5.71. The summed E-state index contributed by atoms with van der Waals surface area (Å²) in [6, 6.07) is 12.0. The highest BCUT2D eigenvalue weighted by Gasteiger charge is 2.19. The van der Waals surface area contributed by atoms with Crippen LogP contribution in [0.3, 0.4) is 0 Å². The minimum absolute atomic E-state index is 0.0491. The molecule has 1 heterocycles. The first-order chi connectivity index (χ1) is 8.11. The largest absolute Gasteiger partial charge is 0.361 e. The smallest absolute Gasteiger partial charge is 0.137 e. The lowest BCUT2D eigenvalue weighted by molar-refractivity contribution is 0.307. The van der Waals surface area contributed by atoms with Gasteiger partial charge < -0.3 is 10.3 Å². The van der Waals surface area contributed by atoms with E-state index in [-0.39, 0.29) is 5.41 Å². The SMILES string of the molecule is CC(C)(CN)Cc1cc(-c2ccccc2)no1. The van der Waals surface area contributed by atoms with Crippen molar-refractivity contribution in [3.8, 4) is 11.3 Å². The van der Waals surface area contributed by atoms with Gasteiger partial charge in [-0.15, -0.1) is 0 Å². The molecule has 1 aromatic heterocycles. The summed E-state index contributed by atoms with van der Waals surface area (Å²) < 4.78 is 5.35. The second-order valence-corrected chi connectivity index (χ2v) is 5.09. The zero-order valence-corrected chi connectivity index (χ0v) is 10.3. The van der Waals surface area contributed by atoms with Crippen molar-refractivity contribution in [3.63, 3.8) is 0 Å². The van der Waals surface area contributed by atoms with Gasteiger partial charge in [0.05, 0.1) is 0 Å². The molecular formula is C14H18N2O. The number of hydrogen-bond acceptors (Lipinski definition) is 3. The van der Waals surface area contributed by atoms with E-state index in [9.17, 15) is 0 Å². The molecule has 0 fully saturated rings. The van der Waals surface area contributed by atoms with Crippen LogP contribution in [0.2, 0.25) is 0 Å². The Morgan fingerprint density at radius 3 is 2.59 bits per heavy atom. The van der Waals surface area contributed by atoms with Gasteiger partial charge in [0, 0.05) is 18.1 Å². The zero-order valence-electron chi connectivity index (χ0n) is 10.3. The van der Waals surface area contributed by atoms with E-state index in [1.807, 2.05) is 36.4 Å². The molecule has 0 aliphatic rings. The second-order valence-electron chi connectivity index (χ2n) is 5.09. The Balaban J connectivity index is 2.17. The zero-order chi connectivity index (χ0) is 12.3. The topological polar surface area (TPSA) is 52.0 Å². The van der Waals surface area contributed by atoms with Crippen molar-refractivity contribution in [1.29, 1.82) is 0 Å². The van der Waals surface area contributed by atoms with Crippen LogP contribution in [0.1, 0.15) is 19.6 Å². The molecular weight excluding hydrogens is 212 g/mol. The lowest BCUT2D eigenvalue weighted by Crippen LogP contribution is -2.25. The number of nitrogens with two attached hydrogens (primary N) is 1. The molecule has 2 rings (SSSR count). The Morgan fingerprint density at radius 2 is 1.94 bits per heavy atom. The fraction of sp³-hybridized carbons (Fsp3) is 0.357. The number of rotatable bonds is 4. The van der Waals surface area contributed by atoms with Crippen LogP contribution < -0.4 is 5.73 Å². The summed E-state index contributed by atoms with van der Waals surface area (Å²) in [6.45, 7) is 4.88. The van der Waals surface area contributed by atoms with Crippen molar-refractivity contribution in [2.75, 3.05) is 6.54 Å². The van der Waals surface area contributed by atoms with Gasteiger partial charge in [0.25, 0.3) is 0 Å². The van der Waals surface area contributed by atoms with Crippen LogP contribution >= 0.6 is 0 Å². The van der Waals surface area contributed by atoms with E-state index in [0.717, 1.165) is 23.4 Å². The first-order valence-electron chi connectivity index (χ1n) is 5.82. The van der Waals surface area contributed by atoms with Gasteiger partial charge in [-0.25, -0.2) is 0 Å². The Hall–Kier alpha value is -1.61. The summed E-state index contributed by atoms with van der Waals surface area (Å²) in [5.74, 6) is 0.888. The third kappa shape index (κ3) is 2.94. The van der Waals surface area contributed by atoms with Crippen LogP contribution in [0.15, 0.2) is 40.9 Å². The third-order valence-corrected chi connectivity index (χ3v) is 2.83. The quantitative estimate of drug-likeness (QED) is 0.878. The lowest BCUT2D eigenvalue weighted by atomic mass is 9.88. The van der Waals surface area contributed by atoms with Crippen LogP contribution in [0.4, 0.5) is 0 Å². The van der Waals surface area contributed by atoms with Gasteiger partial charge in [0.15, 0.2) is 0 Å². The van der Waals surface area contributed by atoms with Crippen molar-refractivity contribution in [3.05, 3.63) is 42.2 Å². The molecule has 0 radical (unpaired) electrons. The first-order valence-corrected chi connectivity index (χ1v) is 5.82. The van der Waals surface area contributed by atoms with Crippen molar-refractivity contribution in [1.82, 2.24) is 5.16 Å². The van der Waals surface area contributed by atoms with E-state index in [0.29, 0.717) is 6.54 Å². The van der Waals surface area contributed by atoms with Crippen LogP contribution in [-0.2, 0) is 6.42 Å². The maximum absolute atomic E-state index is 5.71. The summed E-state index contributed by atoms with van der Waals surface area (Å²) >= 11 is 0. The molecule has 2 aromatic rings. The average Bonchev–Trinajstić information content (AvgIpc) is 2.78. The van der Waals surface area contributed by atoms with Crippen molar-refractivity contribution in [2.45, 2.75) is 20.3 Å². The molecule has 0 aliphatic carbocycles. The van der Waals surface area contributed by atoms with Crippen molar-refractivity contribution >= 4 is 0 Å². The highest BCUT2D eigenvalue weighted by atomic mass is 16.5. The molecule has 0 amide bonds. The Labute approximate surface area is 102 Å². The number of benzene rings is 1. The van der Waals surface area contributed by atoms with Gasteiger partial charge in [0.1, 0.15) is 11.5 Å². The van der Waals surface area contributed by atoms with Gasteiger partial charge >= 0.3 is 0 Å². The molecule has 90 valence electrons. The standard InChI is InChI=1S/C14H18N2O/c1-14(2,10-15)9-12-8-13(16-17-12)11-6-4-3-5-7-11/h3-8H,9-10,15H2,1-2H3. The van der Waals surface area contributed by atoms with Crippen LogP contribution in [0, 0.1) is 5.41 Å². The van der Waals surface area contributed by atoms with Gasteiger partial charge in [0.2, 0.25) is 0 Å². The Morgan fingerprint density at radius 1 is 1.24 bits per heavy atom. The molecule has 3 heteroatoms. The van der Waals surface area contributed by atoms with Gasteiger partial charge in [-0.1, -0.05) is 49.3 Å². The average molecular weight is 230 g/mol. The Bertz CT molecular complexity index is 474. The van der Waals surface area contributed by atoms with E-state index in [1.165, 1.54) is 0 Å². The van der Waals surface area contributed by atoms with Crippen molar-refractivity contribution in [2.24, 2.45) is 11.1 Å². The molecule has 0 aliphatic heterocycles. The molecule has 0 spiro atoms. The normalized spacial score (nSPS) is 11.7. The number of aromatic nitrogens is 1. The molecule has 0 saturated carbocycles. The third-order valence-electron chi connectivity index (χ3n) is 2.83. The first kappa shape index (κ1) is 11.9. The van der Waals surface area contributed by atoms with E-state index in [2.05, 4.69) is 19.0 Å². The number of nitrogens with zero attached hydrogens (tertiary/aromatic N) is 1. The van der Waals surface area contributed by atoms with E-state index >= 15 is 0 Å². The van der Waals surface area contributed by atoms with Crippen LogP contribution in [-0.4, -0.2) is 11.7 Å². The molecule has 0 atom stereocenters. The molecule has 3 nitrogen and oxygen atoms in total. The van der Waals surface area contributed by atoms with Crippen LogP contribution in [0.25, 0.3) is 11.3 Å². The molecule has 0 saturated heterocycles. The van der Waals surface area contributed by atoms with E-state index in [1.54, 1.807) is 0 Å². The summed E-state index contributed by atoms with van der Waals surface area (Å²) in [4.78, 5) is 0. The maximum Gasteiger partial charge on any atom is 0.137 e. The summed E-state index contributed by atoms with van der Waals surface area (Å²) in [7, 11) is 0. The molecule has 0 unspecified atom stereocenters. The highest BCUT2D eigenvalue weighted by Crippen LogP contribution is 2.24. The van der Waals surface area contributed by atoms with Gasteiger partial charge in [-0.2, -0.15) is 0 Å². The molecule has 2 N–H and O–H groups in total. The van der Waals surface area contributed by atoms with Crippen LogP contribution in [0.5, 0.6) is 0 Å². The summed E-state index contributed by atoms with van der Waals surface area (Å²) in [5, 5.41) is 4.09. The van der Waals surface area contributed by atoms with Gasteiger partial charge in [-0.05, 0) is 12.0 Å². The van der Waals surface area contributed by atoms with E-state index in [4.69, 9.17) is 10.3 Å². The minimum atomic E-state index is 0.0491. The van der Waals surface area contributed by atoms with Gasteiger partial charge in [-0.3, -0.25) is 0 Å². The summed E-state index contributed by atoms with van der Waals surface area (Å²) in [6.07, 6.45) is 0.809. The van der Waals surface area contributed by atoms with E-state index < -0.39 is 0 Å². The predicted molar refractivity (Wildman–Crippen MR) is 68.5 cm³/mol. The molecule has 17 heavy (non-hydrogen) atoms. The monoisotopic (exact) mass is 230 g/mol. The predicted octanol–water partition coefficient (Wildman–Crippen LogP) is 2.87. The Kier molecular flexibility index (Phi) is 3.29. The fourth-order valence-electron chi connectivity index (χ4n) is 1.69. The van der Waals surface area contributed by atoms with Crippen molar-refractivity contribution < 1.29 is 4.52 Å². The molecule has 0 bridgehead atoms. The second kappa shape index (κ2) is 4.72. The fourth-order valence-corrected chi connectivity index (χ4v) is 1.69. The number of hydrogen-bond donors (Lipinski definition) is 1. The lowest BCUT2D eigenvalue weighted by Gasteiger charge is -2.19. The highest BCUT2D eigenvalue weighted by molar-refractivity contribution is 5.58.